The number of aromatic nitrogens is 1. The Morgan fingerprint density at radius 2 is 1.54 bits per heavy atom. The molecule has 0 bridgehead atoms. The average Bonchev–Trinajstić information content (AvgIpc) is 2.87. The first-order chi connectivity index (χ1) is 16.7. The van der Waals surface area contributed by atoms with Crippen molar-refractivity contribution in [3.63, 3.8) is 0 Å². The lowest BCUT2D eigenvalue weighted by Gasteiger charge is -2.24. The van der Waals surface area contributed by atoms with Crippen molar-refractivity contribution >= 4 is 39.0 Å². The van der Waals surface area contributed by atoms with Gasteiger partial charge in [0.25, 0.3) is 0 Å². The van der Waals surface area contributed by atoms with Gasteiger partial charge in [0.1, 0.15) is 5.75 Å². The van der Waals surface area contributed by atoms with Crippen LogP contribution in [0.1, 0.15) is 12.5 Å². The highest BCUT2D eigenvalue weighted by Crippen LogP contribution is 2.28. The van der Waals surface area contributed by atoms with E-state index in [1.807, 2.05) is 49.3 Å². The molecule has 35 heavy (non-hydrogen) atoms. The van der Waals surface area contributed by atoms with Crippen molar-refractivity contribution in [3.8, 4) is 22.9 Å². The lowest BCUT2D eigenvalue weighted by atomic mass is 10.0. The summed E-state index contributed by atoms with van der Waals surface area (Å²) in [7, 11) is 7.10. The number of nitrogens with zero attached hydrogens (tertiary/aromatic N) is 3. The zero-order valence-corrected chi connectivity index (χ0v) is 22.2. The summed E-state index contributed by atoms with van der Waals surface area (Å²) in [5.74, 6) is 0.834. The number of hydrogen-bond donors (Lipinski definition) is 0. The highest BCUT2D eigenvalue weighted by atomic mass is 79.9. The number of carbonyl (C=O) groups excluding carboxylic acids is 2. The fourth-order valence-electron chi connectivity index (χ4n) is 3.61. The molecule has 7 nitrogen and oxygen atoms in total. The Hall–Kier alpha value is -3.39. The van der Waals surface area contributed by atoms with Gasteiger partial charge < -0.3 is 19.3 Å². The molecule has 0 aliphatic carbocycles. The van der Waals surface area contributed by atoms with Crippen LogP contribution < -0.4 is 19.3 Å². The van der Waals surface area contributed by atoms with Gasteiger partial charge in [0.2, 0.25) is 11.8 Å². The van der Waals surface area contributed by atoms with Gasteiger partial charge in [-0.1, -0.05) is 34.1 Å². The van der Waals surface area contributed by atoms with Crippen LogP contribution in [-0.2, 0) is 16.0 Å². The van der Waals surface area contributed by atoms with Crippen LogP contribution in [0, 0.1) is 0 Å². The molecular formula is C27H30BrN3O4. The summed E-state index contributed by atoms with van der Waals surface area (Å²) in [5, 5.41) is 0. The first-order valence-electron chi connectivity index (χ1n) is 11.2. The van der Waals surface area contributed by atoms with Gasteiger partial charge in [0, 0.05) is 43.5 Å². The van der Waals surface area contributed by atoms with E-state index < -0.39 is 4.83 Å². The first-order valence-corrected chi connectivity index (χ1v) is 12.1. The lowest BCUT2D eigenvalue weighted by molar-refractivity contribution is -0.122. The van der Waals surface area contributed by atoms with Gasteiger partial charge in [-0.3, -0.25) is 9.59 Å². The number of rotatable bonds is 10. The number of carbonyl (C=O) groups is 2. The Balaban J connectivity index is 1.88. The predicted molar refractivity (Wildman–Crippen MR) is 143 cm³/mol. The van der Waals surface area contributed by atoms with Crippen LogP contribution in [0.2, 0.25) is 0 Å². The molecule has 3 aromatic rings. The molecule has 1 amide bonds. The molecule has 0 spiro atoms. The van der Waals surface area contributed by atoms with E-state index in [4.69, 9.17) is 9.47 Å². The van der Waals surface area contributed by atoms with Crippen molar-refractivity contribution in [2.45, 2.75) is 18.2 Å². The normalized spacial score (nSPS) is 11.5. The van der Waals surface area contributed by atoms with Crippen LogP contribution in [0.3, 0.4) is 0 Å². The van der Waals surface area contributed by atoms with Crippen LogP contribution in [0.15, 0.2) is 60.7 Å². The van der Waals surface area contributed by atoms with Crippen LogP contribution in [0.25, 0.3) is 11.3 Å². The fourth-order valence-corrected chi connectivity index (χ4v) is 3.86. The van der Waals surface area contributed by atoms with Crippen molar-refractivity contribution in [3.05, 3.63) is 66.2 Å². The van der Waals surface area contributed by atoms with Crippen molar-refractivity contribution in [2.24, 2.45) is 0 Å². The first kappa shape index (κ1) is 26.2. The molecule has 1 heterocycles. The maximum Gasteiger partial charge on any atom is 0.240 e. The van der Waals surface area contributed by atoms with Gasteiger partial charge in [-0.2, -0.15) is 0 Å². The summed E-state index contributed by atoms with van der Waals surface area (Å²) in [4.78, 5) is 33.8. The maximum absolute atomic E-state index is 13.2. The van der Waals surface area contributed by atoms with Gasteiger partial charge in [0.15, 0.2) is 5.78 Å². The standard InChI is InChI=1S/C27H30BrN3O4/c1-18(28)27(33)31(22-11-13-24(34-4)14-12-22)17-23(32)16-20-8-15-25(35-5)29-26(20)19-6-9-21(10-7-19)30(2)3/h6-15,18H,16-17H2,1-5H3. The number of benzene rings is 2. The monoisotopic (exact) mass is 539 g/mol. The van der Waals surface area contributed by atoms with Crippen molar-refractivity contribution < 1.29 is 19.1 Å². The Labute approximate surface area is 214 Å². The Morgan fingerprint density at radius 1 is 0.914 bits per heavy atom. The predicted octanol–water partition coefficient (Wildman–Crippen LogP) is 4.76. The van der Waals surface area contributed by atoms with Gasteiger partial charge in [-0.15, -0.1) is 0 Å². The van der Waals surface area contributed by atoms with E-state index in [1.165, 1.54) is 4.90 Å². The molecule has 0 N–H and O–H groups in total. The number of amides is 1. The minimum Gasteiger partial charge on any atom is -0.497 e. The molecular weight excluding hydrogens is 510 g/mol. The number of hydrogen-bond acceptors (Lipinski definition) is 6. The number of Topliss-reactive ketones (excluding diaryl/α,β-unsaturated/α-hetero) is 1. The molecule has 2 aromatic carbocycles. The third-order valence-electron chi connectivity index (χ3n) is 5.53. The van der Waals surface area contributed by atoms with Gasteiger partial charge in [0.05, 0.1) is 31.3 Å². The third-order valence-corrected chi connectivity index (χ3v) is 5.92. The molecule has 0 aliphatic rings. The molecule has 1 unspecified atom stereocenters. The van der Waals surface area contributed by atoms with E-state index in [2.05, 4.69) is 20.9 Å². The molecule has 0 saturated heterocycles. The molecule has 184 valence electrons. The average molecular weight is 540 g/mol. The summed E-state index contributed by atoms with van der Waals surface area (Å²) in [5.41, 5.74) is 4.02. The fraction of sp³-hybridized carbons (Fsp3) is 0.296. The number of halogens is 1. The summed E-state index contributed by atoms with van der Waals surface area (Å²) in [6.07, 6.45) is 0.123. The molecule has 8 heteroatoms. The van der Waals surface area contributed by atoms with Crippen molar-refractivity contribution in [1.29, 1.82) is 0 Å². The molecule has 3 rings (SSSR count). The van der Waals surface area contributed by atoms with Gasteiger partial charge in [-0.25, -0.2) is 4.98 Å². The summed E-state index contributed by atoms with van der Waals surface area (Å²) in [6, 6.07) is 18.6. The Bertz CT molecular complexity index is 1160. The Morgan fingerprint density at radius 3 is 2.09 bits per heavy atom. The van der Waals surface area contributed by atoms with E-state index in [1.54, 1.807) is 51.5 Å². The molecule has 1 atom stereocenters. The number of pyridine rings is 1. The third kappa shape index (κ3) is 6.60. The quantitative estimate of drug-likeness (QED) is 0.346. The van der Waals surface area contributed by atoms with E-state index in [-0.39, 0.29) is 24.7 Å². The minimum atomic E-state index is -0.439. The second-order valence-corrected chi connectivity index (χ2v) is 9.63. The molecule has 0 radical (unpaired) electrons. The topological polar surface area (TPSA) is 72.0 Å². The van der Waals surface area contributed by atoms with E-state index in [9.17, 15) is 9.59 Å². The Kier molecular flexibility index (Phi) is 8.87. The summed E-state index contributed by atoms with van der Waals surface area (Å²) >= 11 is 3.34. The zero-order valence-electron chi connectivity index (χ0n) is 20.6. The molecule has 0 aliphatic heterocycles. The van der Waals surface area contributed by atoms with E-state index >= 15 is 0 Å². The number of ketones is 1. The van der Waals surface area contributed by atoms with Crippen molar-refractivity contribution in [1.82, 2.24) is 4.98 Å². The van der Waals surface area contributed by atoms with E-state index in [0.717, 1.165) is 16.8 Å². The van der Waals surface area contributed by atoms with Crippen molar-refractivity contribution in [2.75, 3.05) is 44.7 Å². The van der Waals surface area contributed by atoms with Crippen LogP contribution >= 0.6 is 15.9 Å². The highest BCUT2D eigenvalue weighted by molar-refractivity contribution is 9.10. The lowest BCUT2D eigenvalue weighted by Crippen LogP contribution is -2.40. The summed E-state index contributed by atoms with van der Waals surface area (Å²) in [6.45, 7) is 1.68. The van der Waals surface area contributed by atoms with E-state index in [0.29, 0.717) is 23.0 Å². The van der Waals surface area contributed by atoms with Crippen LogP contribution in [0.4, 0.5) is 11.4 Å². The molecule has 0 fully saturated rings. The molecule has 0 saturated carbocycles. The largest absolute Gasteiger partial charge is 0.497 e. The van der Waals surface area contributed by atoms with Gasteiger partial charge in [-0.05, 0) is 48.9 Å². The second kappa shape index (κ2) is 11.8. The SMILES string of the molecule is COc1ccc(N(CC(=O)Cc2ccc(OC)nc2-c2ccc(N(C)C)cc2)C(=O)C(C)Br)cc1. The summed E-state index contributed by atoms with van der Waals surface area (Å²) < 4.78 is 10.5. The smallest absolute Gasteiger partial charge is 0.240 e. The zero-order chi connectivity index (χ0) is 25.5. The highest BCUT2D eigenvalue weighted by Gasteiger charge is 2.23. The number of alkyl halides is 1. The van der Waals surface area contributed by atoms with Crippen LogP contribution in [0.5, 0.6) is 11.6 Å². The van der Waals surface area contributed by atoms with Crippen LogP contribution in [-0.4, -0.2) is 56.4 Å². The number of ether oxygens (including phenoxy) is 2. The molecule has 1 aromatic heterocycles. The number of anilines is 2. The van der Waals surface area contributed by atoms with Gasteiger partial charge >= 0.3 is 0 Å². The minimum absolute atomic E-state index is 0.0634. The number of methoxy groups -OCH3 is 2. The second-order valence-electron chi connectivity index (χ2n) is 8.26. The maximum atomic E-state index is 13.2.